The molecule has 0 radical (unpaired) electrons. The number of halogens is 1. The number of carbonyl (C=O) groups is 2. The van der Waals surface area contributed by atoms with Crippen LogP contribution in [0.25, 0.3) is 0 Å². The molecule has 8 heteroatoms. The molecule has 0 saturated carbocycles. The van der Waals surface area contributed by atoms with Crippen LogP contribution in [0.5, 0.6) is 5.75 Å². The number of hydrogen-bond acceptors (Lipinski definition) is 6. The smallest absolute Gasteiger partial charge is 0.269 e. The molecule has 6 nitrogen and oxygen atoms in total. The average molecular weight is 451 g/mol. The van der Waals surface area contributed by atoms with E-state index in [-0.39, 0.29) is 17.8 Å². The van der Waals surface area contributed by atoms with Crippen LogP contribution in [0, 0.1) is 20.8 Å². The maximum atomic E-state index is 13.4. The fraction of sp³-hybridized carbons (Fsp3) is 0.500. The van der Waals surface area contributed by atoms with Crippen LogP contribution in [-0.2, 0) is 9.53 Å². The summed E-state index contributed by atoms with van der Waals surface area (Å²) >= 11 is 7.47. The fourth-order valence-corrected chi connectivity index (χ4v) is 4.61. The van der Waals surface area contributed by atoms with E-state index in [0.717, 1.165) is 24.0 Å². The summed E-state index contributed by atoms with van der Waals surface area (Å²) in [6.45, 7) is 9.89. The summed E-state index contributed by atoms with van der Waals surface area (Å²) in [5, 5.41) is 1.19. The normalized spacial score (nSPS) is 17.1. The minimum absolute atomic E-state index is 0.0499. The Labute approximate surface area is 186 Å². The van der Waals surface area contributed by atoms with E-state index in [1.54, 1.807) is 18.7 Å². The monoisotopic (exact) mass is 450 g/mol. The number of anilines is 1. The zero-order chi connectivity index (χ0) is 22.0. The van der Waals surface area contributed by atoms with Crippen molar-refractivity contribution in [3.05, 3.63) is 38.9 Å². The first-order valence-electron chi connectivity index (χ1n) is 10.0. The van der Waals surface area contributed by atoms with Crippen LogP contribution in [0.1, 0.15) is 53.2 Å². The van der Waals surface area contributed by atoms with Crippen molar-refractivity contribution in [2.24, 2.45) is 0 Å². The predicted octanol–water partition coefficient (Wildman–Crippen LogP) is 4.90. The lowest BCUT2D eigenvalue weighted by molar-refractivity contribution is -0.125. The van der Waals surface area contributed by atoms with Crippen LogP contribution in [0.4, 0.5) is 5.13 Å². The highest BCUT2D eigenvalue weighted by molar-refractivity contribution is 7.17. The number of ether oxygens (including phenoxy) is 2. The van der Waals surface area contributed by atoms with Gasteiger partial charge in [-0.3, -0.25) is 14.5 Å². The Balaban J connectivity index is 1.85. The maximum Gasteiger partial charge on any atom is 0.269 e. The number of hydrogen-bond donors (Lipinski definition) is 0. The molecule has 2 aromatic rings. The second kappa shape index (κ2) is 9.45. The molecule has 3 rings (SSSR count). The van der Waals surface area contributed by atoms with Gasteiger partial charge in [0.25, 0.3) is 5.91 Å². The first kappa shape index (κ1) is 22.7. The lowest BCUT2D eigenvalue weighted by Gasteiger charge is -2.26. The van der Waals surface area contributed by atoms with Crippen LogP contribution in [0.3, 0.4) is 0 Å². The Hall–Kier alpha value is -1.96. The van der Waals surface area contributed by atoms with Gasteiger partial charge in [-0.2, -0.15) is 0 Å². The standard InChI is InChI=1S/C22H27ClN2O4S/c1-12-9-18(10-13(2)19(12)23)29-16(5)21(27)25(11-17-7-6-8-28-17)22-24-14(3)20(30-22)15(4)26/h9-10,16-17H,6-8,11H2,1-5H3. The van der Waals surface area contributed by atoms with Crippen LogP contribution in [-0.4, -0.2) is 42.0 Å². The summed E-state index contributed by atoms with van der Waals surface area (Å²) < 4.78 is 11.7. The van der Waals surface area contributed by atoms with Gasteiger partial charge in [0.1, 0.15) is 5.75 Å². The molecule has 1 aliphatic heterocycles. The topological polar surface area (TPSA) is 68.7 Å². The van der Waals surface area contributed by atoms with Gasteiger partial charge in [0.2, 0.25) is 0 Å². The van der Waals surface area contributed by atoms with Gasteiger partial charge in [-0.1, -0.05) is 22.9 Å². The number of aromatic nitrogens is 1. The van der Waals surface area contributed by atoms with E-state index in [9.17, 15) is 9.59 Å². The number of aryl methyl sites for hydroxylation is 3. The number of benzene rings is 1. The molecule has 1 amide bonds. The van der Waals surface area contributed by atoms with Crippen molar-refractivity contribution < 1.29 is 19.1 Å². The Bertz CT molecular complexity index is 930. The van der Waals surface area contributed by atoms with Crippen LogP contribution >= 0.6 is 22.9 Å². The Morgan fingerprint density at radius 1 is 1.33 bits per heavy atom. The average Bonchev–Trinajstić information content (AvgIpc) is 3.32. The van der Waals surface area contributed by atoms with Crippen molar-refractivity contribution >= 4 is 39.8 Å². The quantitative estimate of drug-likeness (QED) is 0.561. The third-order valence-corrected chi connectivity index (χ3v) is 6.96. The van der Waals surface area contributed by atoms with E-state index < -0.39 is 6.10 Å². The van der Waals surface area contributed by atoms with E-state index in [1.807, 2.05) is 26.0 Å². The van der Waals surface area contributed by atoms with Gasteiger partial charge in [-0.15, -0.1) is 0 Å². The second-order valence-electron chi connectivity index (χ2n) is 7.68. The van der Waals surface area contributed by atoms with Crippen molar-refractivity contribution in [2.75, 3.05) is 18.1 Å². The third kappa shape index (κ3) is 5.02. The molecule has 0 spiro atoms. The summed E-state index contributed by atoms with van der Waals surface area (Å²) in [4.78, 5) is 31.9. The summed E-state index contributed by atoms with van der Waals surface area (Å²) in [5.74, 6) is 0.309. The van der Waals surface area contributed by atoms with Gasteiger partial charge >= 0.3 is 0 Å². The summed E-state index contributed by atoms with van der Waals surface area (Å²) in [5.41, 5.74) is 2.42. The number of ketones is 1. The molecular weight excluding hydrogens is 424 g/mol. The Morgan fingerprint density at radius 2 is 2.00 bits per heavy atom. The van der Waals surface area contributed by atoms with Gasteiger partial charge in [-0.25, -0.2) is 4.98 Å². The van der Waals surface area contributed by atoms with Crippen molar-refractivity contribution in [2.45, 2.75) is 59.7 Å². The molecule has 1 saturated heterocycles. The minimum atomic E-state index is -0.739. The van der Waals surface area contributed by atoms with Crippen LogP contribution < -0.4 is 9.64 Å². The van der Waals surface area contributed by atoms with E-state index >= 15 is 0 Å². The van der Waals surface area contributed by atoms with Gasteiger partial charge in [0.05, 0.1) is 23.2 Å². The number of rotatable bonds is 7. The van der Waals surface area contributed by atoms with Crippen LogP contribution in [0.2, 0.25) is 5.02 Å². The zero-order valence-electron chi connectivity index (χ0n) is 18.0. The molecule has 0 bridgehead atoms. The molecule has 162 valence electrons. The summed E-state index contributed by atoms with van der Waals surface area (Å²) in [7, 11) is 0. The van der Waals surface area contributed by atoms with Crippen molar-refractivity contribution in [3.63, 3.8) is 0 Å². The molecular formula is C22H27ClN2O4S. The first-order chi connectivity index (χ1) is 14.2. The van der Waals surface area contributed by atoms with Gasteiger partial charge in [0.15, 0.2) is 17.0 Å². The third-order valence-electron chi connectivity index (χ3n) is 5.08. The van der Waals surface area contributed by atoms with Crippen LogP contribution in [0.15, 0.2) is 12.1 Å². The molecule has 30 heavy (non-hydrogen) atoms. The fourth-order valence-electron chi connectivity index (χ4n) is 3.53. The molecule has 1 aromatic carbocycles. The number of nitrogens with zero attached hydrogens (tertiary/aromatic N) is 2. The van der Waals surface area contributed by atoms with Gasteiger partial charge < -0.3 is 9.47 Å². The molecule has 1 aliphatic rings. The van der Waals surface area contributed by atoms with E-state index in [4.69, 9.17) is 21.1 Å². The zero-order valence-corrected chi connectivity index (χ0v) is 19.5. The number of carbonyl (C=O) groups excluding carboxylic acids is 2. The van der Waals surface area contributed by atoms with Crippen molar-refractivity contribution in [3.8, 4) is 5.75 Å². The largest absolute Gasteiger partial charge is 0.481 e. The van der Waals surface area contributed by atoms with Crippen molar-refractivity contribution in [1.29, 1.82) is 0 Å². The number of Topliss-reactive ketones (excluding diaryl/α,β-unsaturated/α-hetero) is 1. The number of thiazole rings is 1. The highest BCUT2D eigenvalue weighted by atomic mass is 35.5. The molecule has 2 unspecified atom stereocenters. The van der Waals surface area contributed by atoms with Crippen molar-refractivity contribution in [1.82, 2.24) is 4.98 Å². The molecule has 0 aliphatic carbocycles. The molecule has 2 atom stereocenters. The SMILES string of the molecule is CC(=O)c1sc(N(CC2CCCO2)C(=O)C(C)Oc2cc(C)c(Cl)c(C)c2)nc1C. The molecule has 1 fully saturated rings. The minimum Gasteiger partial charge on any atom is -0.481 e. The Kier molecular flexibility index (Phi) is 7.16. The second-order valence-corrected chi connectivity index (χ2v) is 9.04. The maximum absolute atomic E-state index is 13.4. The molecule has 0 N–H and O–H groups in total. The first-order valence-corrected chi connectivity index (χ1v) is 11.2. The highest BCUT2D eigenvalue weighted by Crippen LogP contribution is 2.30. The Morgan fingerprint density at radius 3 is 2.53 bits per heavy atom. The lowest BCUT2D eigenvalue weighted by Crippen LogP contribution is -2.44. The predicted molar refractivity (Wildman–Crippen MR) is 119 cm³/mol. The van der Waals surface area contributed by atoms with E-state index in [1.165, 1.54) is 18.3 Å². The number of amides is 1. The molecule has 1 aromatic heterocycles. The molecule has 2 heterocycles. The lowest BCUT2D eigenvalue weighted by atomic mass is 10.1. The highest BCUT2D eigenvalue weighted by Gasteiger charge is 2.31. The van der Waals surface area contributed by atoms with E-state index in [0.29, 0.717) is 39.6 Å². The van der Waals surface area contributed by atoms with Gasteiger partial charge in [-0.05, 0) is 63.8 Å². The summed E-state index contributed by atoms with van der Waals surface area (Å²) in [6, 6.07) is 3.65. The van der Waals surface area contributed by atoms with Gasteiger partial charge in [0, 0.05) is 18.6 Å². The summed E-state index contributed by atoms with van der Waals surface area (Å²) in [6.07, 6.45) is 1.07. The van der Waals surface area contributed by atoms with E-state index in [2.05, 4.69) is 4.98 Å².